The van der Waals surface area contributed by atoms with E-state index in [9.17, 15) is 4.79 Å². The number of ether oxygens (including phenoxy) is 2. The Morgan fingerprint density at radius 2 is 2.00 bits per heavy atom. The Bertz CT molecular complexity index is 136. The fourth-order valence-corrected chi connectivity index (χ4v) is 1.16. The van der Waals surface area contributed by atoms with Gasteiger partial charge >= 0.3 is 5.97 Å². The number of alkyl halides is 1. The maximum absolute atomic E-state index is 11.2. The first-order chi connectivity index (χ1) is 5.63. The molecule has 3 nitrogen and oxygen atoms in total. The van der Waals surface area contributed by atoms with Gasteiger partial charge < -0.3 is 9.47 Å². The van der Waals surface area contributed by atoms with E-state index in [2.05, 4.69) is 15.9 Å². The topological polar surface area (TPSA) is 35.5 Å². The zero-order chi connectivity index (χ0) is 9.56. The lowest BCUT2D eigenvalue weighted by molar-refractivity contribution is -0.156. The Morgan fingerprint density at radius 3 is 2.33 bits per heavy atom. The molecule has 2 atom stereocenters. The van der Waals surface area contributed by atoms with Gasteiger partial charge in [-0.3, -0.25) is 0 Å². The van der Waals surface area contributed by atoms with E-state index in [1.165, 1.54) is 0 Å². The van der Waals surface area contributed by atoms with Crippen LogP contribution in [0.25, 0.3) is 0 Å². The van der Waals surface area contributed by atoms with Gasteiger partial charge in [-0.1, -0.05) is 15.9 Å². The van der Waals surface area contributed by atoms with E-state index < -0.39 is 6.10 Å². The quantitative estimate of drug-likeness (QED) is 0.541. The van der Waals surface area contributed by atoms with Crippen LogP contribution in [0.1, 0.15) is 20.8 Å². The SMILES string of the molecule is CCOC(=O)C(OCC)C(C)Br. The number of halogens is 1. The summed E-state index contributed by atoms with van der Waals surface area (Å²) in [6.07, 6.45) is -0.491. The molecule has 4 heteroatoms. The smallest absolute Gasteiger partial charge is 0.336 e. The Labute approximate surface area is 81.6 Å². The first-order valence-electron chi connectivity index (χ1n) is 4.05. The van der Waals surface area contributed by atoms with Crippen molar-refractivity contribution in [3.63, 3.8) is 0 Å². The van der Waals surface area contributed by atoms with Crippen molar-refractivity contribution in [3.8, 4) is 0 Å². The van der Waals surface area contributed by atoms with E-state index in [0.29, 0.717) is 13.2 Å². The Hall–Kier alpha value is -0.0900. The average Bonchev–Trinajstić information content (AvgIpc) is 1.99. The molecule has 0 heterocycles. The molecule has 0 N–H and O–H groups in total. The van der Waals surface area contributed by atoms with Crippen molar-refractivity contribution in [2.45, 2.75) is 31.7 Å². The highest BCUT2D eigenvalue weighted by Gasteiger charge is 2.24. The molecule has 72 valence electrons. The molecule has 0 aromatic heterocycles. The Kier molecular flexibility index (Phi) is 6.38. The molecular formula is C8H15BrO3. The number of rotatable bonds is 5. The second-order valence-electron chi connectivity index (χ2n) is 2.31. The molecular weight excluding hydrogens is 224 g/mol. The number of hydrogen-bond acceptors (Lipinski definition) is 3. The summed E-state index contributed by atoms with van der Waals surface area (Å²) in [5.41, 5.74) is 0. The van der Waals surface area contributed by atoms with Gasteiger partial charge in [0.25, 0.3) is 0 Å². The van der Waals surface area contributed by atoms with Gasteiger partial charge in [0, 0.05) is 11.4 Å². The highest BCUT2D eigenvalue weighted by molar-refractivity contribution is 9.09. The molecule has 0 saturated carbocycles. The summed E-state index contributed by atoms with van der Waals surface area (Å²) in [4.78, 5) is 11.2. The maximum atomic E-state index is 11.2. The predicted molar refractivity (Wildman–Crippen MR) is 50.4 cm³/mol. The monoisotopic (exact) mass is 238 g/mol. The van der Waals surface area contributed by atoms with Crippen LogP contribution in [0.2, 0.25) is 0 Å². The lowest BCUT2D eigenvalue weighted by atomic mass is 10.3. The lowest BCUT2D eigenvalue weighted by Crippen LogP contribution is -2.33. The first kappa shape index (κ1) is 11.9. The van der Waals surface area contributed by atoms with Crippen molar-refractivity contribution < 1.29 is 14.3 Å². The summed E-state index contributed by atoms with van der Waals surface area (Å²) in [5.74, 6) is -0.302. The molecule has 0 amide bonds. The highest BCUT2D eigenvalue weighted by Crippen LogP contribution is 2.10. The van der Waals surface area contributed by atoms with Crippen molar-refractivity contribution in [1.29, 1.82) is 0 Å². The van der Waals surface area contributed by atoms with Crippen LogP contribution in [-0.4, -0.2) is 30.1 Å². The van der Waals surface area contributed by atoms with Gasteiger partial charge in [-0.05, 0) is 20.8 Å². The largest absolute Gasteiger partial charge is 0.464 e. The minimum atomic E-state index is -0.491. The van der Waals surface area contributed by atoms with E-state index in [0.717, 1.165) is 0 Å². The van der Waals surface area contributed by atoms with E-state index in [1.54, 1.807) is 6.92 Å². The molecule has 12 heavy (non-hydrogen) atoms. The number of carbonyl (C=O) groups excluding carboxylic acids is 1. The average molecular weight is 239 g/mol. The third-order valence-electron chi connectivity index (χ3n) is 1.28. The molecule has 0 aliphatic carbocycles. The van der Waals surface area contributed by atoms with Crippen LogP contribution in [-0.2, 0) is 14.3 Å². The molecule has 0 spiro atoms. The van der Waals surface area contributed by atoms with Crippen molar-refractivity contribution >= 4 is 21.9 Å². The Morgan fingerprint density at radius 1 is 1.42 bits per heavy atom. The van der Waals surface area contributed by atoms with Crippen LogP contribution in [0, 0.1) is 0 Å². The van der Waals surface area contributed by atoms with E-state index in [-0.39, 0.29) is 10.8 Å². The normalized spacial score (nSPS) is 15.3. The van der Waals surface area contributed by atoms with Crippen LogP contribution < -0.4 is 0 Å². The van der Waals surface area contributed by atoms with Crippen molar-refractivity contribution in [2.24, 2.45) is 0 Å². The third kappa shape index (κ3) is 4.07. The first-order valence-corrected chi connectivity index (χ1v) is 4.97. The number of esters is 1. The molecule has 0 saturated heterocycles. The van der Waals surface area contributed by atoms with E-state index in [4.69, 9.17) is 9.47 Å². The fraction of sp³-hybridized carbons (Fsp3) is 0.875. The van der Waals surface area contributed by atoms with Crippen LogP contribution in [0.3, 0.4) is 0 Å². The van der Waals surface area contributed by atoms with Crippen LogP contribution >= 0.6 is 15.9 Å². The van der Waals surface area contributed by atoms with Gasteiger partial charge in [-0.25, -0.2) is 4.79 Å². The van der Waals surface area contributed by atoms with Crippen LogP contribution in [0.4, 0.5) is 0 Å². The molecule has 0 radical (unpaired) electrons. The van der Waals surface area contributed by atoms with Crippen molar-refractivity contribution in [3.05, 3.63) is 0 Å². The summed E-state index contributed by atoms with van der Waals surface area (Å²) in [7, 11) is 0. The second kappa shape index (κ2) is 6.43. The fourth-order valence-electron chi connectivity index (χ4n) is 0.792. The molecule has 0 aliphatic heterocycles. The summed E-state index contributed by atoms with van der Waals surface area (Å²) in [6, 6.07) is 0. The molecule has 0 aromatic carbocycles. The number of carbonyl (C=O) groups is 1. The molecule has 2 unspecified atom stereocenters. The molecule has 0 aliphatic rings. The molecule has 0 aromatic rings. The minimum Gasteiger partial charge on any atom is -0.464 e. The number of hydrogen-bond donors (Lipinski definition) is 0. The van der Waals surface area contributed by atoms with Gasteiger partial charge in [0.1, 0.15) is 0 Å². The molecule has 0 fully saturated rings. The second-order valence-corrected chi connectivity index (χ2v) is 3.75. The standard InChI is InChI=1S/C8H15BrO3/c1-4-11-7(6(3)9)8(10)12-5-2/h6-7H,4-5H2,1-3H3. The molecule has 0 rings (SSSR count). The lowest BCUT2D eigenvalue weighted by Gasteiger charge is -2.17. The maximum Gasteiger partial charge on any atom is 0.336 e. The minimum absolute atomic E-state index is 0.0171. The summed E-state index contributed by atoms with van der Waals surface area (Å²) >= 11 is 3.29. The van der Waals surface area contributed by atoms with Crippen LogP contribution in [0.15, 0.2) is 0 Å². The third-order valence-corrected chi connectivity index (χ3v) is 1.76. The summed E-state index contributed by atoms with van der Waals surface area (Å²) in [5, 5.41) is 0. The van der Waals surface area contributed by atoms with E-state index in [1.807, 2.05) is 13.8 Å². The van der Waals surface area contributed by atoms with Gasteiger partial charge in [-0.15, -0.1) is 0 Å². The Balaban J connectivity index is 4.00. The van der Waals surface area contributed by atoms with Crippen molar-refractivity contribution in [1.82, 2.24) is 0 Å². The van der Waals surface area contributed by atoms with Gasteiger partial charge in [-0.2, -0.15) is 0 Å². The highest BCUT2D eigenvalue weighted by atomic mass is 79.9. The summed E-state index contributed by atoms with van der Waals surface area (Å²) < 4.78 is 10.0. The van der Waals surface area contributed by atoms with Crippen molar-refractivity contribution in [2.75, 3.05) is 13.2 Å². The van der Waals surface area contributed by atoms with Crippen LogP contribution in [0.5, 0.6) is 0 Å². The van der Waals surface area contributed by atoms with E-state index >= 15 is 0 Å². The predicted octanol–water partition coefficient (Wildman–Crippen LogP) is 1.74. The van der Waals surface area contributed by atoms with Gasteiger partial charge in [0.05, 0.1) is 6.61 Å². The van der Waals surface area contributed by atoms with Gasteiger partial charge in [0.15, 0.2) is 6.10 Å². The zero-order valence-electron chi connectivity index (χ0n) is 7.67. The summed E-state index contributed by atoms with van der Waals surface area (Å²) in [6.45, 7) is 6.39. The zero-order valence-corrected chi connectivity index (χ0v) is 9.26. The molecule has 0 bridgehead atoms. The van der Waals surface area contributed by atoms with Gasteiger partial charge in [0.2, 0.25) is 0 Å².